The van der Waals surface area contributed by atoms with E-state index < -0.39 is 21.1 Å². The molecule has 0 atom stereocenters. The van der Waals surface area contributed by atoms with E-state index in [0.29, 0.717) is 49.6 Å². The molecule has 34 heavy (non-hydrogen) atoms. The number of ether oxygens (including phenoxy) is 1. The van der Waals surface area contributed by atoms with E-state index in [4.69, 9.17) is 4.74 Å². The van der Waals surface area contributed by atoms with Crippen molar-refractivity contribution >= 4 is 15.8 Å². The van der Waals surface area contributed by atoms with Gasteiger partial charge in [-0.2, -0.15) is 5.10 Å². The quantitative estimate of drug-likeness (QED) is 0.516. The molecular formula is C22H26F2N6O3S. The number of hydrogen-bond acceptors (Lipinski definition) is 7. The van der Waals surface area contributed by atoms with Crippen LogP contribution in [0.25, 0.3) is 11.5 Å². The third-order valence-electron chi connectivity index (χ3n) is 5.71. The fourth-order valence-corrected chi connectivity index (χ4v) is 5.44. The molecule has 2 aromatic heterocycles. The molecule has 12 heteroatoms. The van der Waals surface area contributed by atoms with E-state index in [-0.39, 0.29) is 24.0 Å². The first-order valence-corrected chi connectivity index (χ1v) is 12.5. The van der Waals surface area contributed by atoms with Crippen molar-refractivity contribution < 1.29 is 21.9 Å². The van der Waals surface area contributed by atoms with Gasteiger partial charge in [-0.25, -0.2) is 36.6 Å². The highest BCUT2D eigenvalue weighted by Crippen LogP contribution is 2.27. The molecule has 1 aromatic carbocycles. The highest BCUT2D eigenvalue weighted by Gasteiger charge is 2.31. The largest absolute Gasteiger partial charge is 0.481 e. The lowest BCUT2D eigenvalue weighted by molar-refractivity contribution is 0.365. The van der Waals surface area contributed by atoms with Gasteiger partial charge in [0.05, 0.1) is 25.1 Å². The van der Waals surface area contributed by atoms with E-state index in [1.54, 1.807) is 36.1 Å². The summed E-state index contributed by atoms with van der Waals surface area (Å²) in [4.78, 5) is 10.2. The molecule has 0 bridgehead atoms. The van der Waals surface area contributed by atoms with Gasteiger partial charge in [0.1, 0.15) is 11.5 Å². The summed E-state index contributed by atoms with van der Waals surface area (Å²) in [7, 11) is -1.92. The Kier molecular flexibility index (Phi) is 7.08. The third kappa shape index (κ3) is 5.02. The lowest BCUT2D eigenvalue weighted by Gasteiger charge is -2.32. The van der Waals surface area contributed by atoms with E-state index in [2.05, 4.69) is 19.8 Å². The molecule has 0 saturated carbocycles. The zero-order valence-corrected chi connectivity index (χ0v) is 19.7. The molecule has 0 spiro atoms. The summed E-state index contributed by atoms with van der Waals surface area (Å²) in [6.45, 7) is 2.88. The number of hydrogen-bond donors (Lipinski definition) is 1. The van der Waals surface area contributed by atoms with E-state index >= 15 is 0 Å². The van der Waals surface area contributed by atoms with Crippen LogP contribution in [0.15, 0.2) is 36.5 Å². The normalized spacial score (nSPS) is 15.0. The van der Waals surface area contributed by atoms with Gasteiger partial charge in [0, 0.05) is 31.3 Å². The minimum Gasteiger partial charge on any atom is -0.481 e. The van der Waals surface area contributed by atoms with E-state index in [1.165, 1.54) is 17.9 Å². The summed E-state index contributed by atoms with van der Waals surface area (Å²) in [5, 5.41) is 3.92. The van der Waals surface area contributed by atoms with Crippen LogP contribution in [-0.4, -0.2) is 60.2 Å². The lowest BCUT2D eigenvalue weighted by atomic mass is 10.1. The fourth-order valence-electron chi connectivity index (χ4n) is 3.97. The Hall–Kier alpha value is -3.12. The number of nitrogens with one attached hydrogen (secondary N) is 1. The molecule has 1 saturated heterocycles. The van der Waals surface area contributed by atoms with Crippen LogP contribution in [0.4, 0.5) is 14.6 Å². The van der Waals surface area contributed by atoms with Crippen LogP contribution in [-0.2, 0) is 16.6 Å². The number of benzene rings is 1. The summed E-state index contributed by atoms with van der Waals surface area (Å²) in [6, 6.07) is 7.97. The van der Waals surface area contributed by atoms with Gasteiger partial charge in [-0.3, -0.25) is 0 Å². The van der Waals surface area contributed by atoms with Crippen LogP contribution in [0.1, 0.15) is 25.3 Å². The first kappa shape index (κ1) is 24.0. The molecule has 9 nitrogen and oxygen atoms in total. The second-order valence-corrected chi connectivity index (χ2v) is 9.96. The molecule has 0 unspecified atom stereocenters. The Morgan fingerprint density at radius 2 is 1.91 bits per heavy atom. The lowest BCUT2D eigenvalue weighted by Crippen LogP contribution is -2.44. The van der Waals surface area contributed by atoms with E-state index in [1.807, 2.05) is 0 Å². The maximum absolute atomic E-state index is 14.6. The zero-order valence-electron chi connectivity index (χ0n) is 18.9. The molecule has 1 fully saturated rings. The fraction of sp³-hybridized carbons (Fsp3) is 0.409. The Morgan fingerprint density at radius 3 is 2.59 bits per heavy atom. The predicted molar refractivity (Wildman–Crippen MR) is 123 cm³/mol. The second kappa shape index (κ2) is 10.0. The van der Waals surface area contributed by atoms with Crippen molar-refractivity contribution in [2.45, 2.75) is 31.6 Å². The van der Waals surface area contributed by atoms with Crippen LogP contribution in [0.5, 0.6) is 5.88 Å². The monoisotopic (exact) mass is 492 g/mol. The van der Waals surface area contributed by atoms with E-state index in [9.17, 15) is 17.2 Å². The summed E-state index contributed by atoms with van der Waals surface area (Å²) in [6.07, 6.45) is 1.79. The van der Waals surface area contributed by atoms with Gasteiger partial charge in [0.2, 0.25) is 15.9 Å². The summed E-state index contributed by atoms with van der Waals surface area (Å²) in [5.41, 5.74) is 0.783. The van der Waals surface area contributed by atoms with Crippen molar-refractivity contribution in [1.82, 2.24) is 24.5 Å². The molecular weight excluding hydrogens is 466 g/mol. The van der Waals surface area contributed by atoms with Gasteiger partial charge in [-0.1, -0.05) is 25.1 Å². The number of nitrogens with zero attached hydrogens (tertiary/aromatic N) is 5. The SMILES string of the molecule is CCNS(=O)(=O)C1CCN(c2nc(-c3cc(OC)n(Cc4ccccc4F)n3)ncc2F)CC1. The molecule has 0 radical (unpaired) electrons. The van der Waals surface area contributed by atoms with Gasteiger partial charge in [0.25, 0.3) is 0 Å². The minimum atomic E-state index is -3.39. The van der Waals surface area contributed by atoms with Crippen molar-refractivity contribution in [3.05, 3.63) is 53.7 Å². The van der Waals surface area contributed by atoms with Crippen LogP contribution in [0.2, 0.25) is 0 Å². The second-order valence-electron chi connectivity index (χ2n) is 7.92. The van der Waals surface area contributed by atoms with Crippen molar-refractivity contribution in [2.75, 3.05) is 31.6 Å². The molecule has 3 heterocycles. The third-order valence-corrected chi connectivity index (χ3v) is 7.75. The minimum absolute atomic E-state index is 0.0897. The Balaban J connectivity index is 1.56. The number of aromatic nitrogens is 4. The van der Waals surface area contributed by atoms with Crippen molar-refractivity contribution in [3.63, 3.8) is 0 Å². The number of methoxy groups -OCH3 is 1. The van der Waals surface area contributed by atoms with Gasteiger partial charge in [0.15, 0.2) is 17.5 Å². The summed E-state index contributed by atoms with van der Waals surface area (Å²) < 4.78 is 62.6. The average molecular weight is 493 g/mol. The molecule has 182 valence electrons. The van der Waals surface area contributed by atoms with Gasteiger partial charge in [-0.05, 0) is 18.9 Å². The number of rotatable bonds is 8. The first-order valence-electron chi connectivity index (χ1n) is 10.9. The maximum Gasteiger partial charge on any atom is 0.214 e. The maximum atomic E-state index is 14.6. The number of piperidine rings is 1. The molecule has 4 rings (SSSR count). The van der Waals surface area contributed by atoms with E-state index in [0.717, 1.165) is 6.20 Å². The summed E-state index contributed by atoms with van der Waals surface area (Å²) in [5.74, 6) is -0.311. The highest BCUT2D eigenvalue weighted by molar-refractivity contribution is 7.90. The highest BCUT2D eigenvalue weighted by atomic mass is 32.2. The topological polar surface area (TPSA) is 102 Å². The number of halogens is 2. The van der Waals surface area contributed by atoms with Crippen LogP contribution < -0.4 is 14.4 Å². The van der Waals surface area contributed by atoms with Crippen molar-refractivity contribution in [3.8, 4) is 17.4 Å². The number of sulfonamides is 1. The van der Waals surface area contributed by atoms with Crippen molar-refractivity contribution in [1.29, 1.82) is 0 Å². The molecule has 3 aromatic rings. The molecule has 1 aliphatic rings. The molecule has 0 aliphatic carbocycles. The molecule has 1 N–H and O–H groups in total. The zero-order chi connectivity index (χ0) is 24.3. The Labute approximate surface area is 196 Å². The summed E-state index contributed by atoms with van der Waals surface area (Å²) >= 11 is 0. The first-order chi connectivity index (χ1) is 16.3. The number of anilines is 1. The van der Waals surface area contributed by atoms with Crippen LogP contribution in [0, 0.1) is 11.6 Å². The average Bonchev–Trinajstić information content (AvgIpc) is 3.24. The van der Waals surface area contributed by atoms with Gasteiger partial charge < -0.3 is 9.64 Å². The molecule has 0 amide bonds. The van der Waals surface area contributed by atoms with Crippen molar-refractivity contribution in [2.24, 2.45) is 0 Å². The Bertz CT molecular complexity index is 1260. The van der Waals surface area contributed by atoms with Gasteiger partial charge >= 0.3 is 0 Å². The Morgan fingerprint density at radius 1 is 1.18 bits per heavy atom. The molecule has 1 aliphatic heterocycles. The van der Waals surface area contributed by atoms with Gasteiger partial charge in [-0.15, -0.1) is 0 Å². The van der Waals surface area contributed by atoms with Crippen LogP contribution >= 0.6 is 0 Å². The predicted octanol–water partition coefficient (Wildman–Crippen LogP) is 2.58. The van der Waals surface area contributed by atoms with Crippen LogP contribution in [0.3, 0.4) is 0 Å². The smallest absolute Gasteiger partial charge is 0.214 e. The standard InChI is InChI=1S/C22H26F2N6O3S/c1-3-26-34(31,32)16-8-10-29(11-9-16)22-18(24)13-25-21(27-22)19-12-20(33-2)30(28-19)14-15-6-4-5-7-17(15)23/h4-7,12-13,16,26H,3,8-11,14H2,1-2H3.